The first kappa shape index (κ1) is 22.0. The summed E-state index contributed by atoms with van der Waals surface area (Å²) in [6.07, 6.45) is 6.69. The first-order chi connectivity index (χ1) is 16.2. The number of hydrogen-bond donors (Lipinski definition) is 2. The van der Waals surface area contributed by atoms with Crippen molar-refractivity contribution in [2.24, 2.45) is 5.92 Å². The molecule has 2 amide bonds. The van der Waals surface area contributed by atoms with Crippen LogP contribution in [0.5, 0.6) is 0 Å². The van der Waals surface area contributed by atoms with Crippen LogP contribution in [0.4, 0.5) is 11.4 Å². The summed E-state index contributed by atoms with van der Waals surface area (Å²) in [6, 6.07) is 16.4. The third-order valence-electron chi connectivity index (χ3n) is 7.42. The summed E-state index contributed by atoms with van der Waals surface area (Å²) < 4.78 is 0. The van der Waals surface area contributed by atoms with Gasteiger partial charge in [-0.3, -0.25) is 9.59 Å². The zero-order valence-corrected chi connectivity index (χ0v) is 19.3. The first-order valence-electron chi connectivity index (χ1n) is 12.4. The van der Waals surface area contributed by atoms with Crippen LogP contribution in [0.25, 0.3) is 0 Å². The number of fused-ring (bicyclic) bond motifs is 3. The molecule has 2 aromatic rings. The maximum absolute atomic E-state index is 12.7. The number of likely N-dealkylation sites (tertiary alicyclic amines) is 1. The minimum absolute atomic E-state index is 0.0513. The lowest BCUT2D eigenvalue weighted by molar-refractivity contribution is -0.118. The Balaban J connectivity index is 1.09. The number of carbonyl (C=O) groups excluding carboxylic acids is 2. The Labute approximate surface area is 196 Å². The second-order valence-corrected chi connectivity index (χ2v) is 9.66. The molecule has 6 heteroatoms. The van der Waals surface area contributed by atoms with E-state index in [0.717, 1.165) is 62.7 Å². The van der Waals surface area contributed by atoms with Gasteiger partial charge in [-0.05, 0) is 81.3 Å². The monoisotopic (exact) mass is 446 g/mol. The smallest absolute Gasteiger partial charge is 0.251 e. The molecule has 0 aromatic heterocycles. The summed E-state index contributed by atoms with van der Waals surface area (Å²) in [7, 11) is 0. The van der Waals surface area contributed by atoms with Gasteiger partial charge in [-0.25, -0.2) is 0 Å². The Morgan fingerprint density at radius 3 is 2.64 bits per heavy atom. The molecule has 0 saturated carbocycles. The maximum atomic E-state index is 12.7. The molecule has 5 rings (SSSR count). The normalized spacial score (nSPS) is 21.2. The van der Waals surface area contributed by atoms with Crippen LogP contribution >= 0.6 is 0 Å². The van der Waals surface area contributed by atoms with Crippen LogP contribution in [0.2, 0.25) is 0 Å². The molecule has 0 bridgehead atoms. The maximum Gasteiger partial charge on any atom is 0.251 e. The zero-order valence-electron chi connectivity index (χ0n) is 19.3. The molecule has 0 radical (unpaired) electrons. The molecule has 3 aliphatic heterocycles. The zero-order chi connectivity index (χ0) is 22.6. The number of nitrogens with one attached hydrogen (secondary N) is 2. The van der Waals surface area contributed by atoms with Crippen molar-refractivity contribution in [2.45, 2.75) is 44.6 Å². The van der Waals surface area contributed by atoms with Gasteiger partial charge < -0.3 is 20.4 Å². The van der Waals surface area contributed by atoms with Gasteiger partial charge in [0, 0.05) is 25.2 Å². The highest BCUT2D eigenvalue weighted by Crippen LogP contribution is 2.36. The van der Waals surface area contributed by atoms with Gasteiger partial charge in [0.1, 0.15) is 6.04 Å². The van der Waals surface area contributed by atoms with Gasteiger partial charge in [-0.1, -0.05) is 30.3 Å². The van der Waals surface area contributed by atoms with E-state index in [2.05, 4.69) is 50.8 Å². The van der Waals surface area contributed by atoms with Crippen LogP contribution in [0.1, 0.15) is 48.0 Å². The Kier molecular flexibility index (Phi) is 6.63. The van der Waals surface area contributed by atoms with Gasteiger partial charge in [0.05, 0.1) is 11.4 Å². The number of benzene rings is 2. The molecular formula is C27H34N4O2. The predicted molar refractivity (Wildman–Crippen MR) is 132 cm³/mol. The van der Waals surface area contributed by atoms with Crippen LogP contribution in [0.3, 0.4) is 0 Å². The highest BCUT2D eigenvalue weighted by molar-refractivity contribution is 6.05. The lowest BCUT2D eigenvalue weighted by atomic mass is 9.90. The average Bonchev–Trinajstić information content (AvgIpc) is 2.85. The van der Waals surface area contributed by atoms with Crippen LogP contribution in [-0.4, -0.2) is 55.5 Å². The fourth-order valence-electron chi connectivity index (χ4n) is 5.53. The fourth-order valence-corrected chi connectivity index (χ4v) is 5.53. The van der Waals surface area contributed by atoms with Gasteiger partial charge in [-0.15, -0.1) is 0 Å². The van der Waals surface area contributed by atoms with Crippen molar-refractivity contribution in [3.05, 3.63) is 59.7 Å². The van der Waals surface area contributed by atoms with Crippen LogP contribution in [0.15, 0.2) is 48.5 Å². The number of anilines is 2. The molecule has 2 fully saturated rings. The molecule has 3 heterocycles. The standard InChI is InChI=1S/C27H34N4O2/c32-26(22-9-10-24-23(19-22)29-27(33)25-8-4-5-14-31(24)25)28-13-17-30-15-11-21(12-16-30)18-20-6-2-1-3-7-20/h1-3,6-7,9-10,19,21,25H,4-5,8,11-18H2,(H,28,32)(H,29,33)/t25-/m1/s1. The molecule has 1 atom stereocenters. The Bertz CT molecular complexity index is 985. The van der Waals surface area contributed by atoms with Crippen molar-refractivity contribution >= 4 is 23.2 Å². The second kappa shape index (κ2) is 9.96. The number of piperidine rings is 2. The predicted octanol–water partition coefficient (Wildman–Crippen LogP) is 3.68. The lowest BCUT2D eigenvalue weighted by Crippen LogP contribution is -2.50. The van der Waals surface area contributed by atoms with E-state index in [9.17, 15) is 9.59 Å². The third-order valence-corrected chi connectivity index (χ3v) is 7.42. The summed E-state index contributed by atoms with van der Waals surface area (Å²) >= 11 is 0. The van der Waals surface area contributed by atoms with Crippen molar-refractivity contribution in [1.29, 1.82) is 0 Å². The van der Waals surface area contributed by atoms with Crippen LogP contribution < -0.4 is 15.5 Å². The molecule has 2 aromatic carbocycles. The lowest BCUT2D eigenvalue weighted by Gasteiger charge is -2.41. The molecular weight excluding hydrogens is 412 g/mol. The van der Waals surface area contributed by atoms with Gasteiger partial charge in [0.25, 0.3) is 5.91 Å². The van der Waals surface area contributed by atoms with Gasteiger partial charge in [0.2, 0.25) is 5.91 Å². The van der Waals surface area contributed by atoms with Crippen LogP contribution in [0, 0.1) is 5.92 Å². The number of carbonyl (C=O) groups is 2. The summed E-state index contributed by atoms with van der Waals surface area (Å²) in [5, 5.41) is 6.08. The molecule has 0 spiro atoms. The van der Waals surface area contributed by atoms with Crippen molar-refractivity contribution in [3.63, 3.8) is 0 Å². The molecule has 174 valence electrons. The summed E-state index contributed by atoms with van der Waals surface area (Å²) in [6.45, 7) is 4.60. The Hall–Kier alpha value is -2.86. The Morgan fingerprint density at radius 1 is 1.00 bits per heavy atom. The largest absolute Gasteiger partial charge is 0.358 e. The highest BCUT2D eigenvalue weighted by Gasteiger charge is 2.34. The molecule has 2 N–H and O–H groups in total. The highest BCUT2D eigenvalue weighted by atomic mass is 16.2. The van der Waals surface area contributed by atoms with E-state index in [1.54, 1.807) is 0 Å². The summed E-state index contributed by atoms with van der Waals surface area (Å²) in [5.74, 6) is 0.727. The summed E-state index contributed by atoms with van der Waals surface area (Å²) in [4.78, 5) is 29.9. The number of nitrogens with zero attached hydrogens (tertiary/aromatic N) is 2. The van der Waals surface area contributed by atoms with E-state index >= 15 is 0 Å². The van der Waals surface area contributed by atoms with Crippen LogP contribution in [-0.2, 0) is 11.2 Å². The van der Waals surface area contributed by atoms with Crippen molar-refractivity contribution in [1.82, 2.24) is 10.2 Å². The van der Waals surface area contributed by atoms with E-state index in [1.807, 2.05) is 18.2 Å². The van der Waals surface area contributed by atoms with Gasteiger partial charge >= 0.3 is 0 Å². The first-order valence-corrected chi connectivity index (χ1v) is 12.4. The van der Waals surface area contributed by atoms with Crippen molar-refractivity contribution in [2.75, 3.05) is 42.9 Å². The number of rotatable bonds is 6. The SMILES string of the molecule is O=C(NCCN1CCC(Cc2ccccc2)CC1)c1ccc2c(c1)NC(=O)[C@H]1CCCCN21. The molecule has 6 nitrogen and oxygen atoms in total. The minimum Gasteiger partial charge on any atom is -0.358 e. The summed E-state index contributed by atoms with van der Waals surface area (Å²) in [5.41, 5.74) is 3.83. The molecule has 0 aliphatic carbocycles. The van der Waals surface area contributed by atoms with E-state index in [-0.39, 0.29) is 17.9 Å². The van der Waals surface area contributed by atoms with E-state index in [1.165, 1.54) is 24.8 Å². The second-order valence-electron chi connectivity index (χ2n) is 9.66. The van der Waals surface area contributed by atoms with Gasteiger partial charge in [-0.2, -0.15) is 0 Å². The quantitative estimate of drug-likeness (QED) is 0.711. The fraction of sp³-hybridized carbons (Fsp3) is 0.481. The Morgan fingerprint density at radius 2 is 1.82 bits per heavy atom. The number of hydrogen-bond acceptors (Lipinski definition) is 4. The minimum atomic E-state index is -0.0771. The van der Waals surface area contributed by atoms with Crippen molar-refractivity contribution in [3.8, 4) is 0 Å². The van der Waals surface area contributed by atoms with E-state index in [4.69, 9.17) is 0 Å². The molecule has 0 unspecified atom stereocenters. The van der Waals surface area contributed by atoms with Gasteiger partial charge in [0.15, 0.2) is 0 Å². The van der Waals surface area contributed by atoms with Crippen molar-refractivity contribution < 1.29 is 9.59 Å². The topological polar surface area (TPSA) is 64.7 Å². The molecule has 33 heavy (non-hydrogen) atoms. The average molecular weight is 447 g/mol. The third kappa shape index (κ3) is 5.06. The van der Waals surface area contributed by atoms with E-state index in [0.29, 0.717) is 12.1 Å². The molecule has 3 aliphatic rings. The van der Waals surface area contributed by atoms with E-state index < -0.39 is 0 Å². The number of amides is 2. The molecule has 2 saturated heterocycles.